The third-order valence-electron chi connectivity index (χ3n) is 3.42. The van der Waals surface area contributed by atoms with E-state index >= 15 is 0 Å². The first-order valence-electron chi connectivity index (χ1n) is 8.15. The van der Waals surface area contributed by atoms with Gasteiger partial charge in [-0.25, -0.2) is 5.43 Å². The van der Waals surface area contributed by atoms with E-state index in [1.807, 2.05) is 0 Å². The number of allylic oxidation sites excluding steroid dienone is 2. The highest BCUT2D eigenvalue weighted by Crippen LogP contribution is 2.13. The van der Waals surface area contributed by atoms with Crippen molar-refractivity contribution in [1.82, 2.24) is 10.7 Å². The van der Waals surface area contributed by atoms with Crippen LogP contribution in [0.3, 0.4) is 0 Å². The number of benzene rings is 1. The third kappa shape index (κ3) is 6.93. The van der Waals surface area contributed by atoms with Crippen LogP contribution in [0.5, 0.6) is 0 Å². The minimum Gasteiger partial charge on any atom is -0.326 e. The van der Waals surface area contributed by atoms with Crippen molar-refractivity contribution in [3.05, 3.63) is 58.4 Å². The summed E-state index contributed by atoms with van der Waals surface area (Å²) in [5.74, 6) is -0.862. The Balaban J connectivity index is 1.85. The molecule has 0 fully saturated rings. The van der Waals surface area contributed by atoms with E-state index in [1.165, 1.54) is 13.0 Å². The second kappa shape index (κ2) is 9.52. The summed E-state index contributed by atoms with van der Waals surface area (Å²) in [5, 5.41) is 9.85. The highest BCUT2D eigenvalue weighted by Gasteiger charge is 2.11. The zero-order valence-electron chi connectivity index (χ0n) is 14.9. The van der Waals surface area contributed by atoms with E-state index in [0.717, 1.165) is 0 Å². The zero-order valence-corrected chi connectivity index (χ0v) is 15.7. The molecule has 1 aliphatic rings. The Hall–Kier alpha value is -3.15. The molecule has 3 N–H and O–H groups in total. The third-order valence-corrected chi connectivity index (χ3v) is 3.67. The maximum absolute atomic E-state index is 12.1. The number of rotatable bonds is 6. The molecule has 0 unspecified atom stereocenters. The molecule has 0 radical (unpaired) electrons. The Morgan fingerprint density at radius 3 is 2.44 bits per heavy atom. The Bertz CT molecular complexity index is 879. The van der Waals surface area contributed by atoms with Gasteiger partial charge in [-0.15, -0.1) is 5.73 Å². The van der Waals surface area contributed by atoms with Crippen LogP contribution in [0.25, 0.3) is 0 Å². The molecule has 0 spiro atoms. The van der Waals surface area contributed by atoms with Crippen LogP contribution < -0.4 is 16.1 Å². The monoisotopic (exact) mass is 386 g/mol. The van der Waals surface area contributed by atoms with Gasteiger partial charge in [-0.1, -0.05) is 17.7 Å². The molecule has 3 amide bonds. The van der Waals surface area contributed by atoms with Gasteiger partial charge in [0.25, 0.3) is 5.91 Å². The van der Waals surface area contributed by atoms with Crippen LogP contribution >= 0.6 is 11.6 Å². The fourth-order valence-corrected chi connectivity index (χ4v) is 2.29. The first-order chi connectivity index (χ1) is 12.8. The van der Waals surface area contributed by atoms with Crippen LogP contribution in [0.4, 0.5) is 5.69 Å². The Morgan fingerprint density at radius 2 is 1.85 bits per heavy atom. The van der Waals surface area contributed by atoms with E-state index in [4.69, 9.17) is 11.6 Å². The number of amides is 3. The van der Waals surface area contributed by atoms with Gasteiger partial charge >= 0.3 is 0 Å². The summed E-state index contributed by atoms with van der Waals surface area (Å²) in [6, 6.07) is 6.74. The first kappa shape index (κ1) is 20.2. The lowest BCUT2D eigenvalue weighted by molar-refractivity contribution is -0.118. The molecule has 8 heteroatoms. The van der Waals surface area contributed by atoms with E-state index in [1.54, 1.807) is 37.3 Å². The quantitative estimate of drug-likeness (QED) is 0.398. The summed E-state index contributed by atoms with van der Waals surface area (Å²) in [5.41, 5.74) is 7.26. The second-order valence-corrected chi connectivity index (χ2v) is 6.27. The molecule has 1 aromatic rings. The summed E-state index contributed by atoms with van der Waals surface area (Å²) in [4.78, 5) is 35.0. The predicted octanol–water partition coefficient (Wildman–Crippen LogP) is 2.67. The second-order valence-electron chi connectivity index (χ2n) is 5.83. The molecule has 0 saturated heterocycles. The van der Waals surface area contributed by atoms with Gasteiger partial charge in [0.2, 0.25) is 11.8 Å². The highest BCUT2D eigenvalue weighted by molar-refractivity contribution is 6.30. The van der Waals surface area contributed by atoms with Gasteiger partial charge in [0.1, 0.15) is 0 Å². The molecule has 0 aromatic heterocycles. The lowest BCUT2D eigenvalue weighted by Crippen LogP contribution is -2.24. The lowest BCUT2D eigenvalue weighted by atomic mass is 10.1. The number of hydrogen-bond donors (Lipinski definition) is 3. The van der Waals surface area contributed by atoms with E-state index in [9.17, 15) is 14.4 Å². The SMILES string of the molecule is CC(=O)NC1=CCC(C(=O)N/N=C(\C)CC(=O)Nc2ccc(Cl)cc2)=C=C1. The molecule has 140 valence electrons. The molecule has 0 atom stereocenters. The molecule has 0 heterocycles. The van der Waals surface area contributed by atoms with Crippen LogP contribution in [-0.2, 0) is 14.4 Å². The summed E-state index contributed by atoms with van der Waals surface area (Å²) >= 11 is 5.79. The molecule has 1 aliphatic carbocycles. The van der Waals surface area contributed by atoms with Crippen molar-refractivity contribution in [3.8, 4) is 0 Å². The average Bonchev–Trinajstić information content (AvgIpc) is 2.61. The van der Waals surface area contributed by atoms with Crippen molar-refractivity contribution in [2.24, 2.45) is 5.10 Å². The van der Waals surface area contributed by atoms with Crippen LogP contribution in [0.2, 0.25) is 5.02 Å². The number of anilines is 1. The number of nitrogens with zero attached hydrogens (tertiary/aromatic N) is 1. The van der Waals surface area contributed by atoms with Gasteiger partial charge in [0.05, 0.1) is 12.0 Å². The van der Waals surface area contributed by atoms with Gasteiger partial charge in [-0.2, -0.15) is 5.10 Å². The fourth-order valence-electron chi connectivity index (χ4n) is 2.17. The predicted molar refractivity (Wildman–Crippen MR) is 104 cm³/mol. The minimum atomic E-state index is -0.415. The van der Waals surface area contributed by atoms with Crippen molar-refractivity contribution >= 4 is 40.7 Å². The summed E-state index contributed by atoms with van der Waals surface area (Å²) < 4.78 is 0. The van der Waals surface area contributed by atoms with Gasteiger partial charge in [0.15, 0.2) is 0 Å². The van der Waals surface area contributed by atoms with Gasteiger partial charge < -0.3 is 10.6 Å². The number of carbonyl (C=O) groups is 3. The van der Waals surface area contributed by atoms with Crippen LogP contribution in [0.15, 0.2) is 58.5 Å². The topological polar surface area (TPSA) is 99.7 Å². The summed E-state index contributed by atoms with van der Waals surface area (Å²) in [6.07, 6.45) is 3.59. The molecule has 2 rings (SSSR count). The minimum absolute atomic E-state index is 0.0321. The number of hydrogen-bond acceptors (Lipinski definition) is 4. The standard InChI is InChI=1S/C19H19ClN4O3/c1-12(11-18(26)22-17-9-5-15(20)6-10-17)23-24-19(27)14-3-7-16(8-4-14)21-13(2)25/h5-10H,3,11H2,1-2H3,(H,21,25)(H,22,26)(H,24,27)/b23-12+. The highest BCUT2D eigenvalue weighted by atomic mass is 35.5. The van der Waals surface area contributed by atoms with E-state index in [2.05, 4.69) is 26.9 Å². The molecule has 0 bridgehead atoms. The number of halogens is 1. The van der Waals surface area contributed by atoms with Gasteiger partial charge in [-0.3, -0.25) is 14.4 Å². The summed E-state index contributed by atoms with van der Waals surface area (Å²) in [7, 11) is 0. The van der Waals surface area contributed by atoms with E-state index in [-0.39, 0.29) is 18.2 Å². The van der Waals surface area contributed by atoms with Crippen molar-refractivity contribution in [2.75, 3.05) is 5.32 Å². The lowest BCUT2D eigenvalue weighted by Gasteiger charge is -2.08. The maximum atomic E-state index is 12.1. The first-order valence-corrected chi connectivity index (χ1v) is 8.53. The maximum Gasteiger partial charge on any atom is 0.275 e. The van der Waals surface area contributed by atoms with Gasteiger partial charge in [-0.05, 0) is 31.2 Å². The number of nitrogens with one attached hydrogen (secondary N) is 3. The number of carbonyl (C=O) groups excluding carboxylic acids is 3. The van der Waals surface area contributed by atoms with E-state index in [0.29, 0.717) is 34.1 Å². The average molecular weight is 387 g/mol. The summed E-state index contributed by atoms with van der Waals surface area (Å²) in [6.45, 7) is 3.04. The van der Waals surface area contributed by atoms with Crippen molar-refractivity contribution < 1.29 is 14.4 Å². The Kier molecular flexibility index (Phi) is 7.11. The zero-order chi connectivity index (χ0) is 19.8. The molecule has 0 saturated carbocycles. The molecule has 27 heavy (non-hydrogen) atoms. The van der Waals surface area contributed by atoms with Crippen LogP contribution in [0, 0.1) is 0 Å². The molecule has 7 nitrogen and oxygen atoms in total. The van der Waals surface area contributed by atoms with Crippen molar-refractivity contribution in [3.63, 3.8) is 0 Å². The Morgan fingerprint density at radius 1 is 1.15 bits per heavy atom. The smallest absolute Gasteiger partial charge is 0.275 e. The molecule has 0 aliphatic heterocycles. The van der Waals surface area contributed by atoms with Crippen molar-refractivity contribution in [2.45, 2.75) is 26.7 Å². The van der Waals surface area contributed by atoms with Gasteiger partial charge in [0, 0.05) is 41.5 Å². The Labute approximate surface area is 161 Å². The van der Waals surface area contributed by atoms with Crippen LogP contribution in [0.1, 0.15) is 26.7 Å². The fraction of sp³-hybridized carbons (Fsp3) is 0.211. The van der Waals surface area contributed by atoms with Crippen molar-refractivity contribution in [1.29, 1.82) is 0 Å². The molecular weight excluding hydrogens is 368 g/mol. The molecular formula is C19H19ClN4O3. The van der Waals surface area contributed by atoms with E-state index < -0.39 is 5.91 Å². The number of hydrazone groups is 1. The molecule has 1 aromatic carbocycles. The van der Waals surface area contributed by atoms with Crippen LogP contribution in [-0.4, -0.2) is 23.4 Å². The largest absolute Gasteiger partial charge is 0.326 e. The normalized spacial score (nSPS) is 13.4.